The molecule has 2 unspecified atom stereocenters. The van der Waals surface area contributed by atoms with E-state index in [2.05, 4.69) is 4.72 Å². The number of nitrogens with one attached hydrogen (secondary N) is 1. The van der Waals surface area contributed by atoms with Crippen molar-refractivity contribution in [3.63, 3.8) is 0 Å². The lowest BCUT2D eigenvalue weighted by Gasteiger charge is -2.36. The number of nitrogens with zero attached hydrogens (tertiary/aromatic N) is 1. The van der Waals surface area contributed by atoms with Crippen molar-refractivity contribution in [2.45, 2.75) is 36.3 Å². The Labute approximate surface area is 138 Å². The Kier molecular flexibility index (Phi) is 5.40. The van der Waals surface area contributed by atoms with Gasteiger partial charge >= 0.3 is 5.97 Å². The molecule has 1 saturated heterocycles. The number of ether oxygens (including phenoxy) is 1. The van der Waals surface area contributed by atoms with Crippen molar-refractivity contribution in [3.05, 3.63) is 17.5 Å². The molecule has 1 fully saturated rings. The first-order valence-corrected chi connectivity index (χ1v) is 9.30. The van der Waals surface area contributed by atoms with E-state index in [4.69, 9.17) is 9.84 Å². The van der Waals surface area contributed by atoms with E-state index in [-0.39, 0.29) is 17.3 Å². The molecule has 1 aromatic rings. The second-order valence-corrected chi connectivity index (χ2v) is 8.18. The molecule has 0 spiro atoms. The SMILES string of the molecule is CC(NS(=O)(=O)c1cccs1)C(=O)N1CC(C(=O)O)O[C@H](C)C1. The van der Waals surface area contributed by atoms with Gasteiger partial charge in [-0.3, -0.25) is 4.79 Å². The van der Waals surface area contributed by atoms with Gasteiger partial charge in [0.2, 0.25) is 5.91 Å². The summed E-state index contributed by atoms with van der Waals surface area (Å²) in [6, 6.07) is 2.05. The van der Waals surface area contributed by atoms with Gasteiger partial charge < -0.3 is 14.7 Å². The van der Waals surface area contributed by atoms with Crippen LogP contribution in [0.5, 0.6) is 0 Å². The summed E-state index contributed by atoms with van der Waals surface area (Å²) < 4.78 is 32.0. The predicted octanol–water partition coefficient (Wildman–Crippen LogP) is 0.115. The number of sulfonamides is 1. The molecular formula is C13H18N2O6S2. The summed E-state index contributed by atoms with van der Waals surface area (Å²) in [5.41, 5.74) is 0. The normalized spacial score (nSPS) is 23.5. The van der Waals surface area contributed by atoms with Gasteiger partial charge in [-0.2, -0.15) is 4.72 Å². The summed E-state index contributed by atoms with van der Waals surface area (Å²) in [6.45, 7) is 3.20. The Morgan fingerprint density at radius 2 is 2.17 bits per heavy atom. The third-order valence-corrected chi connectivity index (χ3v) is 6.25. The van der Waals surface area contributed by atoms with Crippen molar-refractivity contribution in [2.75, 3.05) is 13.1 Å². The highest BCUT2D eigenvalue weighted by Gasteiger charge is 2.35. The largest absolute Gasteiger partial charge is 0.479 e. The van der Waals surface area contributed by atoms with Gasteiger partial charge in [-0.25, -0.2) is 13.2 Å². The molecule has 2 rings (SSSR count). The monoisotopic (exact) mass is 362 g/mol. The van der Waals surface area contributed by atoms with Crippen LogP contribution in [0.4, 0.5) is 0 Å². The number of thiophene rings is 1. The van der Waals surface area contributed by atoms with Crippen LogP contribution in [0.25, 0.3) is 0 Å². The fraction of sp³-hybridized carbons (Fsp3) is 0.538. The molecule has 0 saturated carbocycles. The molecular weight excluding hydrogens is 344 g/mol. The number of carboxylic acid groups (broad SMARTS) is 1. The first-order valence-electron chi connectivity index (χ1n) is 6.93. The van der Waals surface area contributed by atoms with Crippen LogP contribution in [0.3, 0.4) is 0 Å². The van der Waals surface area contributed by atoms with Crippen LogP contribution in [0.2, 0.25) is 0 Å². The van der Waals surface area contributed by atoms with E-state index in [0.717, 1.165) is 11.3 Å². The quantitative estimate of drug-likeness (QED) is 0.769. The van der Waals surface area contributed by atoms with Crippen LogP contribution in [0.15, 0.2) is 21.7 Å². The molecule has 0 radical (unpaired) electrons. The van der Waals surface area contributed by atoms with Gasteiger partial charge in [0, 0.05) is 6.54 Å². The van der Waals surface area contributed by atoms with Crippen LogP contribution < -0.4 is 4.72 Å². The molecule has 2 N–H and O–H groups in total. The van der Waals surface area contributed by atoms with Gasteiger partial charge in [-0.1, -0.05) is 6.07 Å². The molecule has 1 aliphatic heterocycles. The minimum Gasteiger partial charge on any atom is -0.479 e. The molecule has 1 aromatic heterocycles. The molecule has 8 nitrogen and oxygen atoms in total. The first-order chi connectivity index (χ1) is 10.7. The number of aliphatic carboxylic acids is 1. The minimum absolute atomic E-state index is 0.108. The summed E-state index contributed by atoms with van der Waals surface area (Å²) >= 11 is 1.05. The van der Waals surface area contributed by atoms with Gasteiger partial charge in [-0.05, 0) is 25.3 Å². The van der Waals surface area contributed by atoms with Crippen LogP contribution in [-0.4, -0.2) is 61.6 Å². The van der Waals surface area contributed by atoms with Gasteiger partial charge in [0.05, 0.1) is 18.7 Å². The van der Waals surface area contributed by atoms with Crippen molar-refractivity contribution in [2.24, 2.45) is 0 Å². The fourth-order valence-electron chi connectivity index (χ4n) is 2.30. The number of amides is 1. The van der Waals surface area contributed by atoms with Crippen molar-refractivity contribution in [1.29, 1.82) is 0 Å². The third kappa shape index (κ3) is 4.28. The van der Waals surface area contributed by atoms with Crippen LogP contribution in [-0.2, 0) is 24.3 Å². The molecule has 1 aliphatic rings. The van der Waals surface area contributed by atoms with Gasteiger partial charge in [0.15, 0.2) is 6.10 Å². The minimum atomic E-state index is -3.77. The van der Waals surface area contributed by atoms with Crippen molar-refractivity contribution in [1.82, 2.24) is 9.62 Å². The average molecular weight is 362 g/mol. The standard InChI is InChI=1S/C13H18N2O6S2/c1-8-6-15(7-10(21-8)13(17)18)12(16)9(2)14-23(19,20)11-4-3-5-22-11/h3-5,8-10,14H,6-7H2,1-2H3,(H,17,18)/t8-,9?,10?/m1/s1. The number of carboxylic acids is 1. The fourth-order valence-corrected chi connectivity index (χ4v) is 4.51. The highest BCUT2D eigenvalue weighted by molar-refractivity contribution is 7.91. The highest BCUT2D eigenvalue weighted by Crippen LogP contribution is 2.17. The first kappa shape index (κ1) is 17.9. The summed E-state index contributed by atoms with van der Waals surface area (Å²) in [7, 11) is -3.77. The lowest BCUT2D eigenvalue weighted by molar-refractivity contribution is -0.167. The number of hydrogen-bond acceptors (Lipinski definition) is 6. The zero-order chi connectivity index (χ0) is 17.2. The van der Waals surface area contributed by atoms with E-state index < -0.39 is 40.1 Å². The van der Waals surface area contributed by atoms with Crippen LogP contribution in [0.1, 0.15) is 13.8 Å². The van der Waals surface area contributed by atoms with Crippen LogP contribution >= 0.6 is 11.3 Å². The Hall–Kier alpha value is -1.49. The van der Waals surface area contributed by atoms with E-state index in [0.29, 0.717) is 0 Å². The highest BCUT2D eigenvalue weighted by atomic mass is 32.2. The van der Waals surface area contributed by atoms with E-state index in [9.17, 15) is 18.0 Å². The smallest absolute Gasteiger partial charge is 0.334 e. The maximum absolute atomic E-state index is 12.4. The molecule has 128 valence electrons. The van der Waals surface area contributed by atoms with Gasteiger partial charge in [0.1, 0.15) is 4.21 Å². The van der Waals surface area contributed by atoms with Crippen molar-refractivity contribution in [3.8, 4) is 0 Å². The molecule has 2 heterocycles. The predicted molar refractivity (Wildman–Crippen MR) is 82.7 cm³/mol. The van der Waals surface area contributed by atoms with Gasteiger partial charge in [0.25, 0.3) is 10.0 Å². The number of morpholine rings is 1. The second kappa shape index (κ2) is 6.95. The maximum atomic E-state index is 12.4. The third-order valence-electron chi connectivity index (χ3n) is 3.31. The van der Waals surface area contributed by atoms with E-state index >= 15 is 0 Å². The molecule has 23 heavy (non-hydrogen) atoms. The topological polar surface area (TPSA) is 113 Å². The Balaban J connectivity index is 2.06. The lowest BCUT2D eigenvalue weighted by Crippen LogP contribution is -2.56. The zero-order valence-corrected chi connectivity index (χ0v) is 14.3. The number of carbonyl (C=O) groups excluding carboxylic acids is 1. The molecule has 0 bridgehead atoms. The Bertz CT molecular complexity index is 673. The Morgan fingerprint density at radius 1 is 1.48 bits per heavy atom. The van der Waals surface area contributed by atoms with E-state index in [1.807, 2.05) is 0 Å². The number of carbonyl (C=O) groups is 2. The van der Waals surface area contributed by atoms with E-state index in [1.54, 1.807) is 18.4 Å². The van der Waals surface area contributed by atoms with Crippen molar-refractivity contribution >= 4 is 33.2 Å². The van der Waals surface area contributed by atoms with Crippen molar-refractivity contribution < 1.29 is 27.9 Å². The van der Waals surface area contributed by atoms with Gasteiger partial charge in [-0.15, -0.1) is 11.3 Å². The maximum Gasteiger partial charge on any atom is 0.334 e. The number of rotatable bonds is 5. The zero-order valence-electron chi connectivity index (χ0n) is 12.6. The summed E-state index contributed by atoms with van der Waals surface area (Å²) in [5.74, 6) is -1.63. The average Bonchev–Trinajstić information content (AvgIpc) is 3.00. The summed E-state index contributed by atoms with van der Waals surface area (Å²) in [4.78, 5) is 24.8. The summed E-state index contributed by atoms with van der Waals surface area (Å²) in [6.07, 6.45) is -1.54. The lowest BCUT2D eigenvalue weighted by atomic mass is 10.2. The number of hydrogen-bond donors (Lipinski definition) is 2. The molecule has 1 amide bonds. The second-order valence-electron chi connectivity index (χ2n) is 5.29. The van der Waals surface area contributed by atoms with E-state index in [1.165, 1.54) is 17.9 Å². The molecule has 3 atom stereocenters. The molecule has 10 heteroatoms. The Morgan fingerprint density at radius 3 is 2.74 bits per heavy atom. The van der Waals surface area contributed by atoms with Crippen LogP contribution in [0, 0.1) is 0 Å². The summed E-state index contributed by atoms with van der Waals surface area (Å²) in [5, 5.41) is 10.7. The molecule has 0 aromatic carbocycles. The molecule has 0 aliphatic carbocycles.